The molecule has 37 heavy (non-hydrogen) atoms. The normalized spacial score (nSPS) is 15.8. The van der Waals surface area contributed by atoms with E-state index in [0.29, 0.717) is 62.3 Å². The zero-order valence-corrected chi connectivity index (χ0v) is 20.8. The van der Waals surface area contributed by atoms with E-state index in [9.17, 15) is 9.59 Å². The molecule has 3 amide bonds. The maximum atomic E-state index is 12.6. The van der Waals surface area contributed by atoms with Gasteiger partial charge in [0.25, 0.3) is 5.91 Å². The monoisotopic (exact) mass is 502 g/mol. The number of anilines is 3. The number of ether oxygens (including phenoxy) is 2. The predicted octanol–water partition coefficient (Wildman–Crippen LogP) is 3.41. The molecule has 0 spiro atoms. The van der Waals surface area contributed by atoms with Crippen molar-refractivity contribution in [2.24, 2.45) is 0 Å². The van der Waals surface area contributed by atoms with Crippen LogP contribution in [0.1, 0.15) is 15.9 Å². The Hall–Kier alpha value is -4.02. The average molecular weight is 503 g/mol. The van der Waals surface area contributed by atoms with Crippen molar-refractivity contribution >= 4 is 29.1 Å². The van der Waals surface area contributed by atoms with Crippen LogP contribution in [-0.4, -0.2) is 79.4 Å². The van der Waals surface area contributed by atoms with Crippen molar-refractivity contribution in [2.45, 2.75) is 6.92 Å². The first-order chi connectivity index (χ1) is 18.1. The Labute approximate surface area is 215 Å². The second-order valence-corrected chi connectivity index (χ2v) is 8.94. The van der Waals surface area contributed by atoms with Crippen LogP contribution in [0.4, 0.5) is 22.0 Å². The highest BCUT2D eigenvalue weighted by molar-refractivity contribution is 6.00. The Bertz CT molecular complexity index is 1240. The summed E-state index contributed by atoms with van der Waals surface area (Å²) in [5, 5.41) is 5.63. The third-order valence-corrected chi connectivity index (χ3v) is 6.34. The number of benzene rings is 2. The minimum Gasteiger partial charge on any atom is -0.378 e. The summed E-state index contributed by atoms with van der Waals surface area (Å²) in [5.74, 6) is 1.52. The van der Waals surface area contributed by atoms with Crippen molar-refractivity contribution in [2.75, 3.05) is 68.1 Å². The predicted molar refractivity (Wildman–Crippen MR) is 141 cm³/mol. The van der Waals surface area contributed by atoms with Gasteiger partial charge >= 0.3 is 6.03 Å². The van der Waals surface area contributed by atoms with Crippen LogP contribution in [0.2, 0.25) is 0 Å². The van der Waals surface area contributed by atoms with Crippen LogP contribution < -0.4 is 15.5 Å². The van der Waals surface area contributed by atoms with Gasteiger partial charge in [0.15, 0.2) is 5.82 Å². The van der Waals surface area contributed by atoms with Gasteiger partial charge in [-0.25, -0.2) is 14.8 Å². The lowest BCUT2D eigenvalue weighted by Gasteiger charge is -2.29. The molecule has 0 aliphatic carbocycles. The molecule has 10 nitrogen and oxygen atoms in total. The summed E-state index contributed by atoms with van der Waals surface area (Å²) >= 11 is 0. The minimum atomic E-state index is -0.374. The lowest BCUT2D eigenvalue weighted by molar-refractivity contribution is 0.0303. The van der Waals surface area contributed by atoms with Crippen molar-refractivity contribution in [3.63, 3.8) is 0 Å². The highest BCUT2D eigenvalue weighted by atomic mass is 16.5. The number of nitrogens with one attached hydrogen (secondary N) is 2. The second-order valence-electron chi connectivity index (χ2n) is 8.94. The first-order valence-corrected chi connectivity index (χ1v) is 12.4. The fraction of sp³-hybridized carbons (Fsp3) is 0.333. The molecule has 2 saturated heterocycles. The van der Waals surface area contributed by atoms with Gasteiger partial charge in [0.2, 0.25) is 0 Å². The third-order valence-electron chi connectivity index (χ3n) is 6.34. The number of urea groups is 1. The molecule has 0 unspecified atom stereocenters. The van der Waals surface area contributed by atoms with E-state index in [-0.39, 0.29) is 11.9 Å². The van der Waals surface area contributed by atoms with Crippen LogP contribution in [0.15, 0.2) is 54.7 Å². The van der Waals surface area contributed by atoms with Crippen LogP contribution in [0.3, 0.4) is 0 Å². The van der Waals surface area contributed by atoms with E-state index < -0.39 is 0 Å². The highest BCUT2D eigenvalue weighted by Crippen LogP contribution is 2.24. The molecule has 1 aromatic heterocycles. The smallest absolute Gasteiger partial charge is 0.323 e. The molecule has 2 fully saturated rings. The molecule has 3 aromatic rings. The standard InChI is InChI=1S/C27H30N6O4/c1-19-18-28-24(31-25(19)32-10-14-36-15-11-32)20-2-6-22(7-3-20)29-27(35)30-23-8-4-21(5-9-23)26(34)33-12-16-37-17-13-33/h2-9,18H,10-17H2,1H3,(H2,29,30,35). The number of carbonyl (C=O) groups is 2. The number of hydrogen-bond donors (Lipinski definition) is 2. The first-order valence-electron chi connectivity index (χ1n) is 12.4. The van der Waals surface area contributed by atoms with Crippen LogP contribution in [-0.2, 0) is 9.47 Å². The lowest BCUT2D eigenvalue weighted by Crippen LogP contribution is -2.40. The van der Waals surface area contributed by atoms with Gasteiger partial charge in [-0.05, 0) is 55.5 Å². The summed E-state index contributed by atoms with van der Waals surface area (Å²) in [6, 6.07) is 13.9. The fourth-order valence-electron chi connectivity index (χ4n) is 4.31. The fourth-order valence-corrected chi connectivity index (χ4v) is 4.31. The molecule has 2 aliphatic rings. The van der Waals surface area contributed by atoms with Gasteiger partial charge in [-0.1, -0.05) is 0 Å². The molecule has 3 heterocycles. The zero-order valence-electron chi connectivity index (χ0n) is 20.8. The van der Waals surface area contributed by atoms with Crippen molar-refractivity contribution in [1.29, 1.82) is 0 Å². The van der Waals surface area contributed by atoms with E-state index in [1.165, 1.54) is 0 Å². The van der Waals surface area contributed by atoms with E-state index >= 15 is 0 Å². The first kappa shape index (κ1) is 24.7. The van der Waals surface area contributed by atoms with Gasteiger partial charge in [-0.3, -0.25) is 4.79 Å². The van der Waals surface area contributed by atoms with E-state index in [2.05, 4.69) is 20.5 Å². The molecule has 0 radical (unpaired) electrons. The van der Waals surface area contributed by atoms with Crippen molar-refractivity contribution < 1.29 is 19.1 Å². The third kappa shape index (κ3) is 6.04. The molecule has 5 rings (SSSR count). The van der Waals surface area contributed by atoms with Gasteiger partial charge < -0.3 is 29.9 Å². The summed E-state index contributed by atoms with van der Waals surface area (Å²) in [7, 11) is 0. The van der Waals surface area contributed by atoms with E-state index in [1.807, 2.05) is 37.4 Å². The number of aryl methyl sites for hydroxylation is 1. The summed E-state index contributed by atoms with van der Waals surface area (Å²) in [5.41, 5.74) is 3.70. The van der Waals surface area contributed by atoms with E-state index in [0.717, 1.165) is 30.0 Å². The lowest BCUT2D eigenvalue weighted by atomic mass is 10.1. The molecular formula is C27H30N6O4. The number of carbonyl (C=O) groups excluding carboxylic acids is 2. The van der Waals surface area contributed by atoms with Crippen LogP contribution in [0.25, 0.3) is 11.4 Å². The maximum Gasteiger partial charge on any atom is 0.323 e. The Morgan fingerprint density at radius 2 is 1.38 bits per heavy atom. The molecule has 10 heteroatoms. The molecule has 192 valence electrons. The molecule has 0 atom stereocenters. The summed E-state index contributed by atoms with van der Waals surface area (Å²) in [6.45, 7) is 7.30. The number of rotatable bonds is 5. The van der Waals surface area contributed by atoms with E-state index in [1.54, 1.807) is 29.2 Å². The van der Waals surface area contributed by atoms with Crippen molar-refractivity contribution in [1.82, 2.24) is 14.9 Å². The zero-order chi connectivity index (χ0) is 25.6. The second kappa shape index (κ2) is 11.4. The summed E-state index contributed by atoms with van der Waals surface area (Å²) < 4.78 is 10.8. The van der Waals surface area contributed by atoms with Gasteiger partial charge in [0, 0.05) is 60.4 Å². The topological polar surface area (TPSA) is 109 Å². The Kier molecular flexibility index (Phi) is 7.57. The van der Waals surface area contributed by atoms with Crippen LogP contribution >= 0.6 is 0 Å². The quantitative estimate of drug-likeness (QED) is 0.550. The Morgan fingerprint density at radius 3 is 2.00 bits per heavy atom. The van der Waals surface area contributed by atoms with Crippen molar-refractivity contribution in [3.05, 3.63) is 65.9 Å². The van der Waals surface area contributed by atoms with E-state index in [4.69, 9.17) is 14.5 Å². The van der Waals surface area contributed by atoms with Gasteiger partial charge in [-0.15, -0.1) is 0 Å². The van der Waals surface area contributed by atoms with Gasteiger partial charge in [0.1, 0.15) is 5.82 Å². The van der Waals surface area contributed by atoms with Crippen LogP contribution in [0.5, 0.6) is 0 Å². The Balaban J connectivity index is 1.18. The summed E-state index contributed by atoms with van der Waals surface area (Å²) in [6.07, 6.45) is 1.84. The number of hydrogen-bond acceptors (Lipinski definition) is 7. The Morgan fingerprint density at radius 1 is 0.811 bits per heavy atom. The summed E-state index contributed by atoms with van der Waals surface area (Å²) in [4.78, 5) is 38.4. The molecule has 0 saturated carbocycles. The highest BCUT2D eigenvalue weighted by Gasteiger charge is 2.19. The largest absolute Gasteiger partial charge is 0.378 e. The number of aromatic nitrogens is 2. The maximum absolute atomic E-state index is 12.6. The molecular weight excluding hydrogens is 472 g/mol. The molecule has 2 N–H and O–H groups in total. The number of morpholine rings is 2. The van der Waals surface area contributed by atoms with Gasteiger partial charge in [-0.2, -0.15) is 0 Å². The average Bonchev–Trinajstić information content (AvgIpc) is 2.95. The molecule has 2 aliphatic heterocycles. The van der Waals surface area contributed by atoms with Gasteiger partial charge in [0.05, 0.1) is 26.4 Å². The molecule has 0 bridgehead atoms. The minimum absolute atomic E-state index is 0.0333. The number of nitrogens with zero attached hydrogens (tertiary/aromatic N) is 4. The van der Waals surface area contributed by atoms with Crippen LogP contribution in [0, 0.1) is 6.92 Å². The van der Waals surface area contributed by atoms with Crippen molar-refractivity contribution in [3.8, 4) is 11.4 Å². The SMILES string of the molecule is Cc1cnc(-c2ccc(NC(=O)Nc3ccc(C(=O)N4CCOCC4)cc3)cc2)nc1N1CCOCC1. The number of amides is 3. The molecule has 2 aromatic carbocycles.